The third-order valence-corrected chi connectivity index (χ3v) is 4.22. The molecule has 0 amide bonds. The molecule has 5 nitrogen and oxygen atoms in total. The molecule has 5 heteroatoms. The van der Waals surface area contributed by atoms with E-state index >= 15 is 0 Å². The van der Waals surface area contributed by atoms with Gasteiger partial charge in [-0.2, -0.15) is 4.98 Å². The van der Waals surface area contributed by atoms with Crippen LogP contribution in [-0.2, 0) is 0 Å². The zero-order valence-electron chi connectivity index (χ0n) is 14.7. The Bertz CT molecular complexity index is 854. The first kappa shape index (κ1) is 17.0. The largest absolute Gasteiger partial charge is 0.504 e. The molecular formula is C20H22N2O3. The van der Waals surface area contributed by atoms with E-state index in [0.717, 1.165) is 24.0 Å². The quantitative estimate of drug-likeness (QED) is 0.686. The first-order valence-corrected chi connectivity index (χ1v) is 8.52. The summed E-state index contributed by atoms with van der Waals surface area (Å²) in [5.74, 6) is 1.44. The summed E-state index contributed by atoms with van der Waals surface area (Å²) in [6.07, 6.45) is 1.87. The van der Waals surface area contributed by atoms with Crippen LogP contribution in [0, 0.1) is 6.92 Å². The summed E-state index contributed by atoms with van der Waals surface area (Å²) in [5.41, 5.74) is 2.65. The van der Waals surface area contributed by atoms with E-state index in [4.69, 9.17) is 9.26 Å². The first-order chi connectivity index (χ1) is 12.1. The number of ether oxygens (including phenoxy) is 1. The van der Waals surface area contributed by atoms with Crippen LogP contribution in [0.5, 0.6) is 11.5 Å². The van der Waals surface area contributed by atoms with Crippen molar-refractivity contribution in [3.05, 3.63) is 48.0 Å². The number of hydrogen-bond acceptors (Lipinski definition) is 5. The molecule has 0 atom stereocenters. The molecule has 0 aliphatic carbocycles. The fraction of sp³-hybridized carbons (Fsp3) is 0.300. The normalized spacial score (nSPS) is 11.0. The standard InChI is InChI=1S/C20H22N2O3/c1-4-15(5-2)24-18-11-10-14(12-17(18)23)19-21-20(25-22-19)16-9-7-6-8-13(16)3/h6-12,15,23H,4-5H2,1-3H3. The predicted octanol–water partition coefficient (Wildman–Crippen LogP) is 4.99. The van der Waals surface area contributed by atoms with Crippen LogP contribution in [0.15, 0.2) is 47.0 Å². The highest BCUT2D eigenvalue weighted by molar-refractivity contribution is 5.64. The first-order valence-electron chi connectivity index (χ1n) is 8.52. The van der Waals surface area contributed by atoms with Gasteiger partial charge in [0, 0.05) is 11.1 Å². The number of rotatable bonds is 6. The average Bonchev–Trinajstić information content (AvgIpc) is 3.11. The van der Waals surface area contributed by atoms with Gasteiger partial charge in [-0.25, -0.2) is 0 Å². The molecule has 0 radical (unpaired) electrons. The van der Waals surface area contributed by atoms with Crippen molar-refractivity contribution in [3.8, 4) is 34.3 Å². The lowest BCUT2D eigenvalue weighted by Gasteiger charge is -2.16. The third-order valence-electron chi connectivity index (χ3n) is 4.22. The number of aromatic hydroxyl groups is 1. The van der Waals surface area contributed by atoms with Crippen LogP contribution in [0.4, 0.5) is 0 Å². The van der Waals surface area contributed by atoms with Crippen molar-refractivity contribution in [2.24, 2.45) is 0 Å². The highest BCUT2D eigenvalue weighted by Gasteiger charge is 2.15. The van der Waals surface area contributed by atoms with Gasteiger partial charge in [0.1, 0.15) is 0 Å². The zero-order chi connectivity index (χ0) is 17.8. The summed E-state index contributed by atoms with van der Waals surface area (Å²) < 4.78 is 11.2. The maximum Gasteiger partial charge on any atom is 0.258 e. The molecule has 1 aromatic heterocycles. The molecule has 1 N–H and O–H groups in total. The predicted molar refractivity (Wildman–Crippen MR) is 96.6 cm³/mol. The Balaban J connectivity index is 1.86. The lowest BCUT2D eigenvalue weighted by Crippen LogP contribution is -2.13. The maximum atomic E-state index is 10.2. The summed E-state index contributed by atoms with van der Waals surface area (Å²) in [7, 11) is 0. The van der Waals surface area contributed by atoms with E-state index < -0.39 is 0 Å². The van der Waals surface area contributed by atoms with Crippen LogP contribution >= 0.6 is 0 Å². The van der Waals surface area contributed by atoms with Gasteiger partial charge >= 0.3 is 0 Å². The highest BCUT2D eigenvalue weighted by Crippen LogP contribution is 2.33. The Morgan fingerprint density at radius 2 is 1.88 bits per heavy atom. The van der Waals surface area contributed by atoms with Crippen molar-refractivity contribution in [2.45, 2.75) is 39.7 Å². The Labute approximate surface area is 147 Å². The molecule has 0 aliphatic rings. The molecular weight excluding hydrogens is 316 g/mol. The zero-order valence-corrected chi connectivity index (χ0v) is 14.7. The number of aryl methyl sites for hydroxylation is 1. The van der Waals surface area contributed by atoms with Gasteiger partial charge in [-0.05, 0) is 49.6 Å². The molecule has 1 heterocycles. The van der Waals surface area contributed by atoms with Crippen molar-refractivity contribution in [3.63, 3.8) is 0 Å². The van der Waals surface area contributed by atoms with E-state index in [0.29, 0.717) is 23.0 Å². The van der Waals surface area contributed by atoms with Crippen LogP contribution in [0.3, 0.4) is 0 Å². The van der Waals surface area contributed by atoms with E-state index in [1.54, 1.807) is 12.1 Å². The van der Waals surface area contributed by atoms with Crippen LogP contribution < -0.4 is 4.74 Å². The second-order valence-corrected chi connectivity index (χ2v) is 5.98. The third kappa shape index (κ3) is 3.65. The van der Waals surface area contributed by atoms with Crippen molar-refractivity contribution in [2.75, 3.05) is 0 Å². The van der Waals surface area contributed by atoms with E-state index in [1.807, 2.05) is 37.3 Å². The molecule has 0 aliphatic heterocycles. The molecule has 0 bridgehead atoms. The number of hydrogen-bond donors (Lipinski definition) is 1. The molecule has 3 rings (SSSR count). The summed E-state index contributed by atoms with van der Waals surface area (Å²) in [6.45, 7) is 6.12. The lowest BCUT2D eigenvalue weighted by atomic mass is 10.1. The van der Waals surface area contributed by atoms with Crippen molar-refractivity contribution >= 4 is 0 Å². The van der Waals surface area contributed by atoms with Gasteiger partial charge in [0.05, 0.1) is 6.10 Å². The highest BCUT2D eigenvalue weighted by atomic mass is 16.5. The summed E-state index contributed by atoms with van der Waals surface area (Å²) in [4.78, 5) is 4.45. The minimum atomic E-state index is 0.0756. The fourth-order valence-corrected chi connectivity index (χ4v) is 2.65. The molecule has 3 aromatic rings. The Morgan fingerprint density at radius 3 is 2.56 bits per heavy atom. The molecule has 0 spiro atoms. The molecule has 25 heavy (non-hydrogen) atoms. The molecule has 0 fully saturated rings. The van der Waals surface area contributed by atoms with E-state index in [9.17, 15) is 5.11 Å². The monoisotopic (exact) mass is 338 g/mol. The molecule has 2 aromatic carbocycles. The summed E-state index contributed by atoms with van der Waals surface area (Å²) in [5, 5.41) is 14.3. The molecule has 0 saturated heterocycles. The minimum Gasteiger partial charge on any atom is -0.504 e. The summed E-state index contributed by atoms with van der Waals surface area (Å²) >= 11 is 0. The summed E-state index contributed by atoms with van der Waals surface area (Å²) in [6, 6.07) is 13.0. The van der Waals surface area contributed by atoms with E-state index in [1.165, 1.54) is 0 Å². The van der Waals surface area contributed by atoms with Crippen LogP contribution in [0.1, 0.15) is 32.3 Å². The Kier molecular flexibility index (Phi) is 5.03. The van der Waals surface area contributed by atoms with Gasteiger partial charge in [-0.1, -0.05) is 37.2 Å². The van der Waals surface area contributed by atoms with Crippen molar-refractivity contribution in [1.82, 2.24) is 10.1 Å². The average molecular weight is 338 g/mol. The smallest absolute Gasteiger partial charge is 0.258 e. The number of aromatic nitrogens is 2. The topological polar surface area (TPSA) is 68.4 Å². The van der Waals surface area contributed by atoms with Gasteiger partial charge < -0.3 is 14.4 Å². The van der Waals surface area contributed by atoms with Gasteiger partial charge in [-0.3, -0.25) is 0 Å². The van der Waals surface area contributed by atoms with Crippen molar-refractivity contribution in [1.29, 1.82) is 0 Å². The SMILES string of the molecule is CCC(CC)Oc1ccc(-c2noc(-c3ccccc3C)n2)cc1O. The number of nitrogens with zero attached hydrogens (tertiary/aromatic N) is 2. The van der Waals surface area contributed by atoms with Crippen LogP contribution in [0.25, 0.3) is 22.8 Å². The van der Waals surface area contributed by atoms with Gasteiger partial charge in [-0.15, -0.1) is 0 Å². The van der Waals surface area contributed by atoms with Gasteiger partial charge in [0.15, 0.2) is 11.5 Å². The Morgan fingerprint density at radius 1 is 1.12 bits per heavy atom. The number of phenols is 1. The number of benzene rings is 2. The van der Waals surface area contributed by atoms with E-state index in [2.05, 4.69) is 24.0 Å². The van der Waals surface area contributed by atoms with Crippen LogP contribution in [0.2, 0.25) is 0 Å². The van der Waals surface area contributed by atoms with E-state index in [-0.39, 0.29) is 11.9 Å². The minimum absolute atomic E-state index is 0.0756. The van der Waals surface area contributed by atoms with Crippen LogP contribution in [-0.4, -0.2) is 21.4 Å². The second-order valence-electron chi connectivity index (χ2n) is 5.98. The Hall–Kier alpha value is -2.82. The molecule has 130 valence electrons. The molecule has 0 unspecified atom stereocenters. The van der Waals surface area contributed by atoms with Gasteiger partial charge in [0.2, 0.25) is 5.82 Å². The maximum absolute atomic E-state index is 10.2. The molecule has 0 saturated carbocycles. The lowest BCUT2D eigenvalue weighted by molar-refractivity contribution is 0.186. The second kappa shape index (κ2) is 7.38. The van der Waals surface area contributed by atoms with Gasteiger partial charge in [0.25, 0.3) is 5.89 Å². The van der Waals surface area contributed by atoms with Crippen molar-refractivity contribution < 1.29 is 14.4 Å². The number of phenolic OH excluding ortho intramolecular Hbond substituents is 1. The fourth-order valence-electron chi connectivity index (χ4n) is 2.65.